The van der Waals surface area contributed by atoms with Gasteiger partial charge in [0.25, 0.3) is 0 Å². The molecule has 104 valence electrons. The van der Waals surface area contributed by atoms with Crippen LogP contribution < -0.4 is 5.32 Å². The summed E-state index contributed by atoms with van der Waals surface area (Å²) >= 11 is 0. The van der Waals surface area contributed by atoms with Gasteiger partial charge in [0.05, 0.1) is 4.75 Å². The second-order valence-electron chi connectivity index (χ2n) is 5.93. The molecule has 1 N–H and O–H groups in total. The average Bonchev–Trinajstić information content (AvgIpc) is 3.21. The fourth-order valence-corrected chi connectivity index (χ4v) is 4.59. The van der Waals surface area contributed by atoms with Crippen molar-refractivity contribution in [1.82, 2.24) is 5.32 Å². The van der Waals surface area contributed by atoms with Crippen LogP contribution in [0.15, 0.2) is 24.3 Å². The number of rotatable bonds is 3. The Balaban J connectivity index is 1.83. The normalized spacial score (nSPS) is 26.1. The van der Waals surface area contributed by atoms with Gasteiger partial charge in [-0.25, -0.2) is 8.42 Å². The van der Waals surface area contributed by atoms with Gasteiger partial charge in [-0.05, 0) is 49.3 Å². The lowest BCUT2D eigenvalue weighted by atomic mass is 9.91. The van der Waals surface area contributed by atoms with Crippen LogP contribution in [0.25, 0.3) is 0 Å². The smallest absolute Gasteiger partial charge is 0.157 e. The van der Waals surface area contributed by atoms with Crippen molar-refractivity contribution in [3.8, 4) is 0 Å². The molecule has 4 heteroatoms. The van der Waals surface area contributed by atoms with Gasteiger partial charge < -0.3 is 5.32 Å². The third-order valence-electron chi connectivity index (χ3n) is 4.62. The van der Waals surface area contributed by atoms with Gasteiger partial charge in [0, 0.05) is 12.8 Å². The molecule has 3 nitrogen and oxygen atoms in total. The SMILES string of the molecule is CS(=O)(=O)C1(c2ccc(C3CCCNC3)cc2)CC1. The molecule has 0 amide bonds. The van der Waals surface area contributed by atoms with E-state index < -0.39 is 14.6 Å². The van der Waals surface area contributed by atoms with E-state index >= 15 is 0 Å². The number of nitrogens with one attached hydrogen (secondary N) is 1. The Kier molecular flexibility index (Phi) is 3.18. The van der Waals surface area contributed by atoms with Crippen LogP contribution in [0.2, 0.25) is 0 Å². The predicted molar refractivity (Wildman–Crippen MR) is 77.0 cm³/mol. The first-order valence-electron chi connectivity index (χ1n) is 7.04. The van der Waals surface area contributed by atoms with Crippen molar-refractivity contribution in [3.63, 3.8) is 0 Å². The van der Waals surface area contributed by atoms with Crippen LogP contribution in [0.3, 0.4) is 0 Å². The molecule has 0 radical (unpaired) electrons. The molecule has 1 atom stereocenters. The average molecular weight is 279 g/mol. The lowest BCUT2D eigenvalue weighted by molar-refractivity contribution is 0.461. The van der Waals surface area contributed by atoms with Gasteiger partial charge in [-0.15, -0.1) is 0 Å². The fraction of sp³-hybridized carbons (Fsp3) is 0.600. The molecular weight excluding hydrogens is 258 g/mol. The molecule has 1 aliphatic carbocycles. The molecule has 1 saturated heterocycles. The molecule has 0 bridgehead atoms. The molecule has 1 heterocycles. The largest absolute Gasteiger partial charge is 0.316 e. The topological polar surface area (TPSA) is 46.2 Å². The second-order valence-corrected chi connectivity index (χ2v) is 8.26. The van der Waals surface area contributed by atoms with Gasteiger partial charge in [-0.1, -0.05) is 24.3 Å². The number of hydrogen-bond donors (Lipinski definition) is 1. The zero-order valence-electron chi connectivity index (χ0n) is 11.4. The van der Waals surface area contributed by atoms with E-state index in [0.717, 1.165) is 31.5 Å². The second kappa shape index (κ2) is 4.60. The van der Waals surface area contributed by atoms with Gasteiger partial charge >= 0.3 is 0 Å². The lowest BCUT2D eigenvalue weighted by Gasteiger charge is -2.23. The standard InChI is InChI=1S/C15H21NO2S/c1-19(17,18)15(8-9-15)14-6-4-12(5-7-14)13-3-2-10-16-11-13/h4-7,13,16H,2-3,8-11H2,1H3. The monoisotopic (exact) mass is 279 g/mol. The Hall–Kier alpha value is -0.870. The summed E-state index contributed by atoms with van der Waals surface area (Å²) in [5.41, 5.74) is 2.31. The third-order valence-corrected chi connectivity index (χ3v) is 6.68. The van der Waals surface area contributed by atoms with E-state index in [4.69, 9.17) is 0 Å². The minimum Gasteiger partial charge on any atom is -0.316 e. The van der Waals surface area contributed by atoms with Crippen molar-refractivity contribution < 1.29 is 8.42 Å². The van der Waals surface area contributed by atoms with E-state index in [1.807, 2.05) is 12.1 Å². The van der Waals surface area contributed by atoms with Crippen molar-refractivity contribution in [2.24, 2.45) is 0 Å². The zero-order chi connectivity index (χ0) is 13.5. The lowest BCUT2D eigenvalue weighted by Crippen LogP contribution is -2.28. The molecule has 0 spiro atoms. The molecule has 1 aromatic rings. The third kappa shape index (κ3) is 2.32. The van der Waals surface area contributed by atoms with Crippen LogP contribution in [-0.2, 0) is 14.6 Å². The molecule has 2 aliphatic rings. The molecule has 1 aliphatic heterocycles. The summed E-state index contributed by atoms with van der Waals surface area (Å²) in [6.07, 6.45) is 5.36. The summed E-state index contributed by atoms with van der Waals surface area (Å²) in [7, 11) is -2.99. The summed E-state index contributed by atoms with van der Waals surface area (Å²) in [6.45, 7) is 2.16. The first kappa shape index (κ1) is 13.1. The summed E-state index contributed by atoms with van der Waals surface area (Å²) in [6, 6.07) is 8.30. The summed E-state index contributed by atoms with van der Waals surface area (Å²) < 4.78 is 23.2. The molecule has 3 rings (SSSR count). The predicted octanol–water partition coefficient (Wildman–Crippen LogP) is 2.19. The molecule has 2 fully saturated rings. The highest BCUT2D eigenvalue weighted by Crippen LogP contribution is 2.52. The van der Waals surface area contributed by atoms with Crippen molar-refractivity contribution in [1.29, 1.82) is 0 Å². The molecule has 1 unspecified atom stereocenters. The first-order chi connectivity index (χ1) is 9.03. The Bertz CT molecular complexity index is 552. The zero-order valence-corrected chi connectivity index (χ0v) is 12.2. The molecule has 1 saturated carbocycles. The summed E-state index contributed by atoms with van der Waals surface area (Å²) in [4.78, 5) is 0. The van der Waals surface area contributed by atoms with Crippen LogP contribution in [-0.4, -0.2) is 27.8 Å². The Morgan fingerprint density at radius 2 is 1.89 bits per heavy atom. The van der Waals surface area contributed by atoms with E-state index in [-0.39, 0.29) is 0 Å². The van der Waals surface area contributed by atoms with Crippen LogP contribution in [0.1, 0.15) is 42.7 Å². The maximum atomic E-state index is 11.9. The van der Waals surface area contributed by atoms with Gasteiger partial charge in [0.1, 0.15) is 0 Å². The van der Waals surface area contributed by atoms with Crippen molar-refractivity contribution in [2.75, 3.05) is 19.3 Å². The van der Waals surface area contributed by atoms with Gasteiger partial charge in [0.2, 0.25) is 0 Å². The highest BCUT2D eigenvalue weighted by Gasteiger charge is 2.53. The molecule has 0 aromatic heterocycles. The fourth-order valence-electron chi connectivity index (χ4n) is 3.18. The van der Waals surface area contributed by atoms with E-state index in [9.17, 15) is 8.42 Å². The maximum Gasteiger partial charge on any atom is 0.157 e. The number of sulfone groups is 1. The van der Waals surface area contributed by atoms with Crippen molar-refractivity contribution in [3.05, 3.63) is 35.4 Å². The highest BCUT2D eigenvalue weighted by molar-refractivity contribution is 7.92. The Morgan fingerprint density at radius 1 is 1.21 bits per heavy atom. The minimum atomic E-state index is -2.99. The van der Waals surface area contributed by atoms with E-state index in [0.29, 0.717) is 5.92 Å². The van der Waals surface area contributed by atoms with Crippen molar-refractivity contribution in [2.45, 2.75) is 36.3 Å². The quantitative estimate of drug-likeness (QED) is 0.922. The van der Waals surface area contributed by atoms with Crippen molar-refractivity contribution >= 4 is 9.84 Å². The number of hydrogen-bond acceptors (Lipinski definition) is 3. The molecular formula is C15H21NO2S. The minimum absolute atomic E-state index is 0.573. The maximum absolute atomic E-state index is 11.9. The van der Waals surface area contributed by atoms with Crippen LogP contribution in [0.4, 0.5) is 0 Å². The Labute approximate surface area is 115 Å². The van der Waals surface area contributed by atoms with Crippen LogP contribution in [0.5, 0.6) is 0 Å². The van der Waals surface area contributed by atoms with E-state index in [1.165, 1.54) is 24.7 Å². The van der Waals surface area contributed by atoms with E-state index in [1.54, 1.807) is 0 Å². The van der Waals surface area contributed by atoms with Gasteiger partial charge in [0.15, 0.2) is 9.84 Å². The Morgan fingerprint density at radius 3 is 2.37 bits per heavy atom. The van der Waals surface area contributed by atoms with Crippen LogP contribution in [0, 0.1) is 0 Å². The molecule has 1 aromatic carbocycles. The first-order valence-corrected chi connectivity index (χ1v) is 8.93. The van der Waals surface area contributed by atoms with Gasteiger partial charge in [-0.3, -0.25) is 0 Å². The summed E-state index contributed by atoms with van der Waals surface area (Å²) in [5, 5.41) is 3.42. The highest BCUT2D eigenvalue weighted by atomic mass is 32.2. The van der Waals surface area contributed by atoms with E-state index in [2.05, 4.69) is 17.4 Å². The molecule has 19 heavy (non-hydrogen) atoms. The number of benzene rings is 1. The van der Waals surface area contributed by atoms with Crippen LogP contribution >= 0.6 is 0 Å². The summed E-state index contributed by atoms with van der Waals surface area (Å²) in [5.74, 6) is 0.580. The van der Waals surface area contributed by atoms with Gasteiger partial charge in [-0.2, -0.15) is 0 Å². The number of piperidine rings is 1.